The van der Waals surface area contributed by atoms with Gasteiger partial charge in [-0.3, -0.25) is 19.1 Å². The van der Waals surface area contributed by atoms with Crippen LogP contribution in [0.15, 0.2) is 83.9 Å². The highest BCUT2D eigenvalue weighted by molar-refractivity contribution is 6.06. The number of amides is 1. The van der Waals surface area contributed by atoms with Crippen LogP contribution in [-0.2, 0) is 11.2 Å². The minimum Gasteiger partial charge on any atom is -0.493 e. The number of nitrogens with one attached hydrogen (secondary N) is 2. The third-order valence-electron chi connectivity index (χ3n) is 7.98. The van der Waals surface area contributed by atoms with Gasteiger partial charge in [-0.25, -0.2) is 8.78 Å². The van der Waals surface area contributed by atoms with Crippen LogP contribution in [0.4, 0.5) is 14.5 Å². The van der Waals surface area contributed by atoms with Gasteiger partial charge in [0.25, 0.3) is 11.5 Å². The van der Waals surface area contributed by atoms with Crippen molar-refractivity contribution < 1.29 is 32.5 Å². The average molecular weight is 641 g/mol. The van der Waals surface area contributed by atoms with Crippen molar-refractivity contribution in [3.63, 3.8) is 0 Å². The Morgan fingerprint density at radius 2 is 1.91 bits per heavy atom. The molecule has 2 aliphatic heterocycles. The smallest absolute Gasteiger partial charge is 0.271 e. The monoisotopic (exact) mass is 640 g/mol. The molecule has 240 valence electrons. The first-order valence-electron chi connectivity index (χ1n) is 15.2. The maximum absolute atomic E-state index is 15.3. The maximum atomic E-state index is 15.3. The van der Waals surface area contributed by atoms with Crippen molar-refractivity contribution in [2.24, 2.45) is 0 Å². The molecule has 4 heterocycles. The van der Waals surface area contributed by atoms with Gasteiger partial charge in [0, 0.05) is 72.8 Å². The minimum atomic E-state index is -0.765. The van der Waals surface area contributed by atoms with E-state index >= 15 is 4.39 Å². The Morgan fingerprint density at radius 3 is 2.72 bits per heavy atom. The fourth-order valence-corrected chi connectivity index (χ4v) is 5.62. The van der Waals surface area contributed by atoms with E-state index in [2.05, 4.69) is 15.6 Å². The van der Waals surface area contributed by atoms with Crippen molar-refractivity contribution in [1.82, 2.24) is 14.9 Å². The molecule has 1 fully saturated rings. The molecule has 5 aromatic rings. The number of rotatable bonds is 9. The van der Waals surface area contributed by atoms with Crippen LogP contribution in [0.25, 0.3) is 16.6 Å². The van der Waals surface area contributed by atoms with Gasteiger partial charge in [-0.2, -0.15) is 0 Å². The second-order valence-electron chi connectivity index (χ2n) is 11.1. The standard InChI is InChI=1S/C35H30F2N4O6/c36-22-1-4-24(5-2-22)41-20-21-10-14-46-33(21)32(35(41)43)34(42)40-23-3-8-31(28(37)17-23)47-30-9-12-39-29-18-25(6-7-27(29)30)44-15-11-26-19-38-13-16-45-26/h1-9,12,17-18,20,26,38H,10-11,13-16,19H2,(H,40,42). The molecule has 0 bridgehead atoms. The number of hydrogen-bond acceptors (Lipinski definition) is 8. The summed E-state index contributed by atoms with van der Waals surface area (Å²) in [6.45, 7) is 3.15. The number of anilines is 1. The zero-order chi connectivity index (χ0) is 32.3. The summed E-state index contributed by atoms with van der Waals surface area (Å²) in [7, 11) is 0. The van der Waals surface area contributed by atoms with E-state index in [-0.39, 0.29) is 28.9 Å². The number of halogens is 2. The average Bonchev–Trinajstić information content (AvgIpc) is 3.55. The highest BCUT2D eigenvalue weighted by Gasteiger charge is 2.27. The van der Waals surface area contributed by atoms with Crippen LogP contribution in [0.3, 0.4) is 0 Å². The molecule has 2 aromatic heterocycles. The van der Waals surface area contributed by atoms with E-state index in [0.29, 0.717) is 59.9 Å². The van der Waals surface area contributed by atoms with E-state index < -0.39 is 23.1 Å². The van der Waals surface area contributed by atoms with Crippen LogP contribution >= 0.6 is 0 Å². The highest BCUT2D eigenvalue weighted by Crippen LogP contribution is 2.34. The first kappa shape index (κ1) is 30.3. The number of nitrogens with zero attached hydrogens (tertiary/aromatic N) is 2. The number of pyridine rings is 2. The molecular formula is C35H30F2N4O6. The molecule has 0 saturated carbocycles. The zero-order valence-corrected chi connectivity index (χ0v) is 25.1. The molecular weight excluding hydrogens is 610 g/mol. The molecule has 1 saturated heterocycles. The van der Waals surface area contributed by atoms with Gasteiger partial charge in [0.2, 0.25) is 0 Å². The van der Waals surface area contributed by atoms with E-state index in [1.54, 1.807) is 36.7 Å². The first-order valence-corrected chi connectivity index (χ1v) is 15.2. The lowest BCUT2D eigenvalue weighted by molar-refractivity contribution is 0.0159. The van der Waals surface area contributed by atoms with Crippen LogP contribution in [0.1, 0.15) is 22.3 Å². The predicted octanol–water partition coefficient (Wildman–Crippen LogP) is 5.40. The van der Waals surface area contributed by atoms with Gasteiger partial charge in [-0.1, -0.05) is 0 Å². The van der Waals surface area contributed by atoms with Gasteiger partial charge in [0.15, 0.2) is 11.6 Å². The fourth-order valence-electron chi connectivity index (χ4n) is 5.62. The molecule has 3 aromatic carbocycles. The van der Waals surface area contributed by atoms with E-state index in [9.17, 15) is 14.0 Å². The summed E-state index contributed by atoms with van der Waals surface area (Å²) in [6.07, 6.45) is 4.52. The highest BCUT2D eigenvalue weighted by atomic mass is 19.1. The van der Waals surface area contributed by atoms with Gasteiger partial charge in [-0.05, 0) is 54.6 Å². The Morgan fingerprint density at radius 1 is 1.04 bits per heavy atom. The second kappa shape index (κ2) is 13.2. The number of ether oxygens (including phenoxy) is 4. The molecule has 0 aliphatic carbocycles. The van der Waals surface area contributed by atoms with E-state index in [4.69, 9.17) is 18.9 Å². The lowest BCUT2D eigenvalue weighted by Gasteiger charge is -2.23. The summed E-state index contributed by atoms with van der Waals surface area (Å²) < 4.78 is 53.3. The summed E-state index contributed by atoms with van der Waals surface area (Å²) in [6, 6.07) is 16.4. The van der Waals surface area contributed by atoms with Crippen LogP contribution in [-0.4, -0.2) is 54.5 Å². The fraction of sp³-hybridized carbons (Fsp3) is 0.229. The van der Waals surface area contributed by atoms with E-state index in [0.717, 1.165) is 25.6 Å². The second-order valence-corrected chi connectivity index (χ2v) is 11.1. The lowest BCUT2D eigenvalue weighted by atomic mass is 10.1. The van der Waals surface area contributed by atoms with Crippen LogP contribution in [0, 0.1) is 11.6 Å². The Bertz CT molecular complexity index is 2010. The number of fused-ring (bicyclic) bond motifs is 2. The summed E-state index contributed by atoms with van der Waals surface area (Å²) in [5.41, 5.74) is 0.897. The predicted molar refractivity (Wildman–Crippen MR) is 170 cm³/mol. The maximum Gasteiger partial charge on any atom is 0.271 e. The van der Waals surface area contributed by atoms with Gasteiger partial charge in [0.05, 0.1) is 31.4 Å². The van der Waals surface area contributed by atoms with Crippen molar-refractivity contribution in [2.45, 2.75) is 18.9 Å². The third-order valence-corrected chi connectivity index (χ3v) is 7.98. The molecule has 1 atom stereocenters. The van der Waals surface area contributed by atoms with Crippen LogP contribution in [0.5, 0.6) is 23.0 Å². The third kappa shape index (κ3) is 6.51. The number of morpholine rings is 1. The van der Waals surface area contributed by atoms with Crippen molar-refractivity contribution >= 4 is 22.5 Å². The largest absolute Gasteiger partial charge is 0.493 e. The van der Waals surface area contributed by atoms with Crippen molar-refractivity contribution in [3.8, 4) is 28.7 Å². The van der Waals surface area contributed by atoms with Crippen molar-refractivity contribution in [3.05, 3.63) is 112 Å². The molecule has 1 unspecified atom stereocenters. The molecule has 47 heavy (non-hydrogen) atoms. The Balaban J connectivity index is 1.06. The van der Waals surface area contributed by atoms with Crippen molar-refractivity contribution in [1.29, 1.82) is 0 Å². The summed E-state index contributed by atoms with van der Waals surface area (Å²) >= 11 is 0. The minimum absolute atomic E-state index is 0.0699. The van der Waals surface area contributed by atoms with Gasteiger partial charge < -0.3 is 29.6 Å². The van der Waals surface area contributed by atoms with Gasteiger partial charge in [0.1, 0.15) is 28.6 Å². The summed E-state index contributed by atoms with van der Waals surface area (Å²) in [5, 5.41) is 6.56. The Hall–Kier alpha value is -5.33. The SMILES string of the molecule is O=C(Nc1ccc(Oc2ccnc3cc(OCCC4CNCCO4)ccc23)c(F)c1)c1c2c(cn(-c3ccc(F)cc3)c1=O)CCO2. The van der Waals surface area contributed by atoms with Crippen molar-refractivity contribution in [2.75, 3.05) is 38.2 Å². The van der Waals surface area contributed by atoms with Gasteiger partial charge >= 0.3 is 0 Å². The number of benzene rings is 3. The Labute approximate surface area is 267 Å². The quantitative estimate of drug-likeness (QED) is 0.220. The summed E-state index contributed by atoms with van der Waals surface area (Å²) in [4.78, 5) is 31.2. The van der Waals surface area contributed by atoms with Gasteiger partial charge in [-0.15, -0.1) is 0 Å². The number of carbonyl (C=O) groups is 1. The molecule has 12 heteroatoms. The number of aromatic nitrogens is 2. The normalized spacial score (nSPS) is 15.6. The molecule has 2 N–H and O–H groups in total. The van der Waals surface area contributed by atoms with Crippen LogP contribution < -0.4 is 30.4 Å². The zero-order valence-electron chi connectivity index (χ0n) is 25.1. The topological polar surface area (TPSA) is 113 Å². The molecule has 1 amide bonds. The summed E-state index contributed by atoms with van der Waals surface area (Å²) in [5.74, 6) is -0.804. The molecule has 0 spiro atoms. The number of hydrogen-bond donors (Lipinski definition) is 2. The number of carbonyl (C=O) groups excluding carboxylic acids is 1. The molecule has 7 rings (SSSR count). The molecule has 2 aliphatic rings. The first-order chi connectivity index (χ1) is 22.9. The molecule has 0 radical (unpaired) electrons. The Kier molecular flexibility index (Phi) is 8.51. The lowest BCUT2D eigenvalue weighted by Crippen LogP contribution is -2.39. The molecule has 10 nitrogen and oxygen atoms in total. The van der Waals surface area contributed by atoms with Crippen LogP contribution in [0.2, 0.25) is 0 Å². The van der Waals surface area contributed by atoms with E-state index in [1.165, 1.54) is 41.0 Å². The van der Waals surface area contributed by atoms with E-state index in [1.807, 2.05) is 0 Å².